The topological polar surface area (TPSA) is 102 Å². The van der Waals surface area contributed by atoms with Gasteiger partial charge in [-0.25, -0.2) is 4.58 Å². The lowest BCUT2D eigenvalue weighted by Crippen LogP contribution is -2.32. The number of Topliss-reactive ketones (excluding diaryl/α,β-unsaturated/α-hetero) is 1. The molecule has 318 valence electrons. The fraction of sp³-hybridized carbons (Fsp3) is 0.231. The van der Waals surface area contributed by atoms with Gasteiger partial charge < -0.3 is 38.4 Å². The fourth-order valence-corrected chi connectivity index (χ4v) is 7.04. The highest BCUT2D eigenvalue weighted by Crippen LogP contribution is 2.38. The summed E-state index contributed by atoms with van der Waals surface area (Å²) in [6, 6.07) is 38.5. The number of ether oxygens (including phenoxy) is 6. The zero-order valence-corrected chi connectivity index (χ0v) is 35.7. The molecule has 0 N–H and O–H groups in total. The van der Waals surface area contributed by atoms with Crippen LogP contribution in [0.5, 0.6) is 34.5 Å². The molecule has 10 heteroatoms. The molecule has 0 aliphatic heterocycles. The molecular weight excluding hydrogens is 781 g/mol. The van der Waals surface area contributed by atoms with Gasteiger partial charge in [-0.2, -0.15) is 0 Å². The number of ketones is 1. The summed E-state index contributed by atoms with van der Waals surface area (Å²) in [7, 11) is 3.26. The molecule has 0 atom stereocenters. The van der Waals surface area contributed by atoms with Crippen LogP contribution in [0.3, 0.4) is 0 Å². The van der Waals surface area contributed by atoms with E-state index in [0.29, 0.717) is 63.7 Å². The number of anilines is 1. The van der Waals surface area contributed by atoms with E-state index in [-0.39, 0.29) is 22.7 Å². The van der Waals surface area contributed by atoms with Gasteiger partial charge in [-0.05, 0) is 122 Å². The van der Waals surface area contributed by atoms with Gasteiger partial charge >= 0.3 is 0 Å². The first kappa shape index (κ1) is 42.9. The molecule has 0 bridgehead atoms. The van der Waals surface area contributed by atoms with E-state index in [2.05, 4.69) is 9.48 Å². The molecule has 0 heterocycles. The minimum absolute atomic E-state index is 0.191. The van der Waals surface area contributed by atoms with Crippen molar-refractivity contribution in [2.24, 2.45) is 0 Å². The van der Waals surface area contributed by atoms with Crippen LogP contribution in [0, 0.1) is 13.8 Å². The van der Waals surface area contributed by atoms with Gasteiger partial charge in [0.05, 0.1) is 27.3 Å². The zero-order chi connectivity index (χ0) is 43.3. The number of methoxy groups -OCH3 is 2. The van der Waals surface area contributed by atoms with Crippen LogP contribution in [0.1, 0.15) is 16.7 Å². The Kier molecular flexibility index (Phi) is 14.4. The van der Waals surface area contributed by atoms with E-state index in [1.54, 1.807) is 14.2 Å². The number of benzene rings is 5. The van der Waals surface area contributed by atoms with Crippen LogP contribution in [0.25, 0.3) is 5.57 Å². The Morgan fingerprint density at radius 2 is 0.903 bits per heavy atom. The molecule has 2 aliphatic carbocycles. The summed E-state index contributed by atoms with van der Waals surface area (Å²) in [4.78, 5) is 15.8. The number of aryl methyl sites for hydroxylation is 2. The summed E-state index contributed by atoms with van der Waals surface area (Å²) in [5.41, 5.74) is 5.75. The normalized spacial score (nSPS) is 13.2. The summed E-state index contributed by atoms with van der Waals surface area (Å²) in [6.07, 6.45) is 7.51. The van der Waals surface area contributed by atoms with Gasteiger partial charge in [0.2, 0.25) is 0 Å². The summed E-state index contributed by atoms with van der Waals surface area (Å²) in [5, 5.41) is 13.6. The van der Waals surface area contributed by atoms with Crippen molar-refractivity contribution in [3.8, 4) is 34.5 Å². The van der Waals surface area contributed by atoms with Crippen LogP contribution in [-0.4, -0.2) is 82.9 Å². The Balaban J connectivity index is 1.03. The van der Waals surface area contributed by atoms with Crippen molar-refractivity contribution in [1.82, 2.24) is 0 Å². The van der Waals surface area contributed by atoms with Crippen LogP contribution in [-0.2, 0) is 4.79 Å². The molecule has 0 spiro atoms. The number of allylic oxidation sites excluding steroid dienone is 7. The van der Waals surface area contributed by atoms with Crippen molar-refractivity contribution in [3.05, 3.63) is 179 Å². The highest BCUT2D eigenvalue weighted by atomic mass is 16.5. The average Bonchev–Trinajstić information content (AvgIpc) is 3.30. The molecule has 2 aliphatic rings. The van der Waals surface area contributed by atoms with Gasteiger partial charge in [0.1, 0.15) is 60.9 Å². The maximum atomic E-state index is 13.6. The summed E-state index contributed by atoms with van der Waals surface area (Å²) in [5.74, 6) is 4.09. The predicted octanol–water partition coefficient (Wildman–Crippen LogP) is 7.97. The van der Waals surface area contributed by atoms with E-state index in [0.717, 1.165) is 45.9 Å². The van der Waals surface area contributed by atoms with E-state index in [4.69, 9.17) is 28.4 Å². The van der Waals surface area contributed by atoms with Crippen LogP contribution in [0.2, 0.25) is 0 Å². The number of carbonyl (C=O) groups is 1. The summed E-state index contributed by atoms with van der Waals surface area (Å²) >= 11 is 0. The number of rotatable bonds is 20. The maximum Gasteiger partial charge on any atom is 0.200 e. The third-order valence-electron chi connectivity index (χ3n) is 10.6. The zero-order valence-electron chi connectivity index (χ0n) is 35.7. The minimum Gasteiger partial charge on any atom is -0.871 e. The standard InChI is InChI=1S/C52H52N2O8/c1-37-5-17-45(18-6-37)59-33-29-53(30-34-60-46-19-7-38(2)8-20-46)41-13-9-39(10-14-41)49-51(55)50(52(49)56)40-11-15-42(16-12-40)54(31-35-61-47-25-21-43(57-3)22-26-47)32-36-62-48-27-23-44(58-4)24-28-48/h5-28H,29-36H2,1-4H3. The van der Waals surface area contributed by atoms with Gasteiger partial charge in [0.15, 0.2) is 24.6 Å². The average molecular weight is 833 g/mol. The molecule has 7 rings (SSSR count). The van der Waals surface area contributed by atoms with E-state index in [1.807, 2.05) is 159 Å². The smallest absolute Gasteiger partial charge is 0.200 e. The predicted molar refractivity (Wildman–Crippen MR) is 241 cm³/mol. The molecule has 0 saturated heterocycles. The van der Waals surface area contributed by atoms with E-state index in [1.165, 1.54) is 11.1 Å². The van der Waals surface area contributed by atoms with Crippen molar-refractivity contribution >= 4 is 22.8 Å². The lowest BCUT2D eigenvalue weighted by molar-refractivity contribution is -0.529. The Morgan fingerprint density at radius 3 is 1.32 bits per heavy atom. The quantitative estimate of drug-likeness (QED) is 0.0571. The van der Waals surface area contributed by atoms with Crippen LogP contribution in [0.15, 0.2) is 163 Å². The maximum absolute atomic E-state index is 13.6. The molecule has 10 nitrogen and oxygen atoms in total. The molecule has 0 radical (unpaired) electrons. The molecule has 0 aromatic heterocycles. The first-order valence-electron chi connectivity index (χ1n) is 20.7. The first-order chi connectivity index (χ1) is 30.3. The number of carbonyl (C=O) groups excluding carboxylic acids is 1. The van der Waals surface area contributed by atoms with Crippen LogP contribution >= 0.6 is 0 Å². The van der Waals surface area contributed by atoms with Gasteiger partial charge in [0.25, 0.3) is 0 Å². The molecular formula is C52H52N2O8. The summed E-state index contributed by atoms with van der Waals surface area (Å²) in [6.45, 7) is 8.21. The largest absolute Gasteiger partial charge is 0.871 e. The monoisotopic (exact) mass is 832 g/mol. The summed E-state index contributed by atoms with van der Waals surface area (Å²) < 4.78 is 36.9. The van der Waals surface area contributed by atoms with Crippen molar-refractivity contribution in [1.29, 1.82) is 0 Å². The van der Waals surface area contributed by atoms with Gasteiger partial charge in [0, 0.05) is 29.0 Å². The number of hydrogen-bond donors (Lipinski definition) is 0. The molecule has 0 amide bonds. The van der Waals surface area contributed by atoms with Crippen molar-refractivity contribution in [3.63, 3.8) is 0 Å². The SMILES string of the molecule is COc1ccc(OCC[N+](CCOc2ccc(OC)cc2)=C2C=CC(=C3C(=O)C(c4ccc(N(CCOc5ccc(C)cc5)CCOc5ccc(C)cc5)cc4)=C3[O-])C=C2)cc1. The lowest BCUT2D eigenvalue weighted by atomic mass is 9.80. The molecule has 5 aromatic rings. The minimum atomic E-state index is -0.261. The van der Waals surface area contributed by atoms with Crippen LogP contribution < -0.4 is 38.4 Å². The molecule has 0 saturated carbocycles. The first-order valence-corrected chi connectivity index (χ1v) is 20.7. The Morgan fingerprint density at radius 1 is 0.500 bits per heavy atom. The van der Waals surface area contributed by atoms with Crippen molar-refractivity contribution in [2.45, 2.75) is 13.8 Å². The molecule has 5 aromatic carbocycles. The number of nitrogens with zero attached hydrogens (tertiary/aromatic N) is 2. The van der Waals surface area contributed by atoms with Crippen molar-refractivity contribution < 1.29 is 42.9 Å². The highest BCUT2D eigenvalue weighted by molar-refractivity contribution is 6.39. The molecule has 0 fully saturated rings. The molecule has 62 heavy (non-hydrogen) atoms. The second kappa shape index (κ2) is 20.9. The van der Waals surface area contributed by atoms with Gasteiger partial charge in [-0.3, -0.25) is 4.79 Å². The second-order valence-corrected chi connectivity index (χ2v) is 14.8. The van der Waals surface area contributed by atoms with Gasteiger partial charge in [-0.1, -0.05) is 53.3 Å². The Bertz CT molecular complexity index is 2320. The lowest BCUT2D eigenvalue weighted by Gasteiger charge is -2.32. The van der Waals surface area contributed by atoms with Crippen LogP contribution in [0.4, 0.5) is 5.69 Å². The highest BCUT2D eigenvalue weighted by Gasteiger charge is 2.31. The number of hydrogen-bond acceptors (Lipinski definition) is 9. The Hall–Kier alpha value is -7.20. The van der Waals surface area contributed by atoms with Gasteiger partial charge in [-0.15, -0.1) is 0 Å². The molecule has 0 unspecified atom stereocenters. The third-order valence-corrected chi connectivity index (χ3v) is 10.6. The van der Waals surface area contributed by atoms with E-state index in [9.17, 15) is 9.90 Å². The second-order valence-electron chi connectivity index (χ2n) is 14.8. The van der Waals surface area contributed by atoms with E-state index < -0.39 is 0 Å². The Labute approximate surface area is 363 Å². The van der Waals surface area contributed by atoms with E-state index >= 15 is 0 Å². The van der Waals surface area contributed by atoms with Crippen molar-refractivity contribution in [2.75, 3.05) is 71.7 Å². The third kappa shape index (κ3) is 11.1. The fourth-order valence-electron chi connectivity index (χ4n) is 7.04.